The molecule has 2 fully saturated rings. The van der Waals surface area contributed by atoms with Gasteiger partial charge < -0.3 is 5.11 Å². The van der Waals surface area contributed by atoms with Crippen molar-refractivity contribution in [3.05, 3.63) is 0 Å². The zero-order chi connectivity index (χ0) is 11.6. The van der Waals surface area contributed by atoms with Gasteiger partial charge in [-0.15, -0.1) is 0 Å². The predicted octanol–water partition coefficient (Wildman–Crippen LogP) is 4.14. The van der Waals surface area contributed by atoms with Crippen molar-refractivity contribution < 1.29 is 5.11 Å². The largest absolute Gasteiger partial charge is 0.392 e. The van der Waals surface area contributed by atoms with Crippen molar-refractivity contribution >= 4 is 0 Å². The molecule has 0 aromatic carbocycles. The lowest BCUT2D eigenvalue weighted by Gasteiger charge is -2.43. The van der Waals surface area contributed by atoms with E-state index in [1.807, 2.05) is 0 Å². The predicted molar refractivity (Wildman–Crippen MR) is 68.3 cm³/mol. The number of hydrogen-bond donors (Lipinski definition) is 1. The van der Waals surface area contributed by atoms with Crippen LogP contribution in [0.4, 0.5) is 0 Å². The van der Waals surface area contributed by atoms with Crippen LogP contribution in [0.25, 0.3) is 0 Å². The Labute approximate surface area is 101 Å². The van der Waals surface area contributed by atoms with Gasteiger partial charge in [-0.05, 0) is 42.9 Å². The normalized spacial score (nSPS) is 36.9. The van der Waals surface area contributed by atoms with E-state index in [1.165, 1.54) is 57.8 Å². The zero-order valence-corrected chi connectivity index (χ0v) is 11.0. The van der Waals surface area contributed by atoms with Gasteiger partial charge in [0.15, 0.2) is 0 Å². The SMILES string of the molecule is CC1CCC(C(O)C2(C)CCCCC2)CC1. The van der Waals surface area contributed by atoms with Gasteiger partial charge in [-0.25, -0.2) is 0 Å². The first-order chi connectivity index (χ1) is 7.62. The van der Waals surface area contributed by atoms with E-state index in [9.17, 15) is 5.11 Å². The molecule has 1 N–H and O–H groups in total. The molecule has 0 spiro atoms. The van der Waals surface area contributed by atoms with Gasteiger partial charge in [0.05, 0.1) is 6.10 Å². The fourth-order valence-electron chi connectivity index (χ4n) is 3.83. The highest BCUT2D eigenvalue weighted by Crippen LogP contribution is 2.44. The quantitative estimate of drug-likeness (QED) is 0.747. The van der Waals surface area contributed by atoms with Gasteiger partial charge in [-0.3, -0.25) is 0 Å². The average Bonchev–Trinajstić information content (AvgIpc) is 2.30. The molecule has 0 bridgehead atoms. The summed E-state index contributed by atoms with van der Waals surface area (Å²) in [5, 5.41) is 10.6. The molecule has 2 rings (SSSR count). The van der Waals surface area contributed by atoms with E-state index in [1.54, 1.807) is 0 Å². The van der Waals surface area contributed by atoms with Crippen molar-refractivity contribution in [3.8, 4) is 0 Å². The molecule has 94 valence electrons. The van der Waals surface area contributed by atoms with Crippen molar-refractivity contribution in [3.63, 3.8) is 0 Å². The molecule has 2 saturated carbocycles. The Bertz CT molecular complexity index is 209. The van der Waals surface area contributed by atoms with E-state index in [0.717, 1.165) is 5.92 Å². The third kappa shape index (κ3) is 2.61. The summed E-state index contributed by atoms with van der Waals surface area (Å²) in [6, 6.07) is 0. The molecule has 1 unspecified atom stereocenters. The van der Waals surface area contributed by atoms with E-state index in [0.29, 0.717) is 5.92 Å². The Morgan fingerprint density at radius 1 is 1.00 bits per heavy atom. The summed E-state index contributed by atoms with van der Waals surface area (Å²) in [5.41, 5.74) is 0.240. The number of aliphatic hydroxyl groups is 1. The molecule has 1 atom stereocenters. The maximum Gasteiger partial charge on any atom is 0.0621 e. The van der Waals surface area contributed by atoms with E-state index in [4.69, 9.17) is 0 Å². The van der Waals surface area contributed by atoms with Gasteiger partial charge in [0.1, 0.15) is 0 Å². The third-order valence-corrected chi connectivity index (χ3v) is 5.22. The van der Waals surface area contributed by atoms with E-state index < -0.39 is 0 Å². The standard InChI is InChI=1S/C15H28O/c1-12-6-8-13(9-7-12)14(16)15(2)10-4-3-5-11-15/h12-14,16H,3-11H2,1-2H3. The second-order valence-corrected chi connectivity index (χ2v) is 6.68. The highest BCUT2D eigenvalue weighted by molar-refractivity contribution is 4.90. The van der Waals surface area contributed by atoms with E-state index in [2.05, 4.69) is 13.8 Å². The summed E-state index contributed by atoms with van der Waals surface area (Å²) in [6.45, 7) is 4.68. The molecule has 0 heterocycles. The van der Waals surface area contributed by atoms with Crippen LogP contribution < -0.4 is 0 Å². The molecule has 0 radical (unpaired) electrons. The topological polar surface area (TPSA) is 20.2 Å². The Morgan fingerprint density at radius 2 is 1.56 bits per heavy atom. The lowest BCUT2D eigenvalue weighted by molar-refractivity contribution is -0.0441. The first kappa shape index (κ1) is 12.4. The summed E-state index contributed by atoms with van der Waals surface area (Å²) >= 11 is 0. The second-order valence-electron chi connectivity index (χ2n) is 6.68. The number of hydrogen-bond acceptors (Lipinski definition) is 1. The minimum Gasteiger partial charge on any atom is -0.392 e. The van der Waals surface area contributed by atoms with Crippen LogP contribution in [0.3, 0.4) is 0 Å². The van der Waals surface area contributed by atoms with E-state index in [-0.39, 0.29) is 11.5 Å². The fourth-order valence-corrected chi connectivity index (χ4v) is 3.83. The molecule has 0 saturated heterocycles. The van der Waals surface area contributed by atoms with Crippen molar-refractivity contribution in [1.29, 1.82) is 0 Å². The van der Waals surface area contributed by atoms with Gasteiger partial charge >= 0.3 is 0 Å². The molecule has 0 amide bonds. The monoisotopic (exact) mass is 224 g/mol. The van der Waals surface area contributed by atoms with Crippen LogP contribution in [0.1, 0.15) is 71.6 Å². The van der Waals surface area contributed by atoms with Gasteiger partial charge in [0.25, 0.3) is 0 Å². The van der Waals surface area contributed by atoms with E-state index >= 15 is 0 Å². The second kappa shape index (κ2) is 5.08. The molecule has 0 aromatic heterocycles. The summed E-state index contributed by atoms with van der Waals surface area (Å²) < 4.78 is 0. The molecule has 2 aliphatic rings. The molecule has 1 heteroatoms. The Hall–Kier alpha value is -0.0400. The average molecular weight is 224 g/mol. The first-order valence-corrected chi connectivity index (χ1v) is 7.30. The maximum atomic E-state index is 10.6. The minimum atomic E-state index is -0.0275. The van der Waals surface area contributed by atoms with Gasteiger partial charge in [0.2, 0.25) is 0 Å². The molecule has 0 aliphatic heterocycles. The number of aliphatic hydroxyl groups excluding tert-OH is 1. The highest BCUT2D eigenvalue weighted by Gasteiger charge is 2.39. The Morgan fingerprint density at radius 3 is 2.12 bits per heavy atom. The molecule has 0 aromatic rings. The minimum absolute atomic E-state index is 0.0275. The van der Waals surface area contributed by atoms with Gasteiger partial charge in [-0.2, -0.15) is 0 Å². The lowest BCUT2D eigenvalue weighted by atomic mass is 9.65. The van der Waals surface area contributed by atoms with Crippen LogP contribution in [0.2, 0.25) is 0 Å². The molecule has 2 aliphatic carbocycles. The summed E-state index contributed by atoms with van der Waals surface area (Å²) in [5.74, 6) is 1.49. The summed E-state index contributed by atoms with van der Waals surface area (Å²) in [6.07, 6.45) is 11.7. The van der Waals surface area contributed by atoms with Crippen molar-refractivity contribution in [2.45, 2.75) is 77.7 Å². The van der Waals surface area contributed by atoms with Gasteiger partial charge in [-0.1, -0.05) is 46.0 Å². The fraction of sp³-hybridized carbons (Fsp3) is 1.00. The summed E-state index contributed by atoms with van der Waals surface area (Å²) in [7, 11) is 0. The van der Waals surface area contributed by atoms with Crippen LogP contribution in [-0.2, 0) is 0 Å². The zero-order valence-electron chi connectivity index (χ0n) is 11.0. The van der Waals surface area contributed by atoms with Crippen molar-refractivity contribution in [1.82, 2.24) is 0 Å². The van der Waals surface area contributed by atoms with Crippen molar-refractivity contribution in [2.75, 3.05) is 0 Å². The van der Waals surface area contributed by atoms with Crippen LogP contribution in [0.5, 0.6) is 0 Å². The Balaban J connectivity index is 1.92. The molecule has 1 nitrogen and oxygen atoms in total. The van der Waals surface area contributed by atoms with Crippen LogP contribution >= 0.6 is 0 Å². The van der Waals surface area contributed by atoms with Gasteiger partial charge in [0, 0.05) is 0 Å². The summed E-state index contributed by atoms with van der Waals surface area (Å²) in [4.78, 5) is 0. The first-order valence-electron chi connectivity index (χ1n) is 7.30. The maximum absolute atomic E-state index is 10.6. The third-order valence-electron chi connectivity index (χ3n) is 5.22. The molecule has 16 heavy (non-hydrogen) atoms. The number of rotatable bonds is 2. The van der Waals surface area contributed by atoms with Crippen molar-refractivity contribution in [2.24, 2.45) is 17.3 Å². The molecular weight excluding hydrogens is 196 g/mol. The smallest absolute Gasteiger partial charge is 0.0621 e. The Kier molecular flexibility index (Phi) is 3.94. The highest BCUT2D eigenvalue weighted by atomic mass is 16.3. The van der Waals surface area contributed by atoms with Crippen LogP contribution in [0, 0.1) is 17.3 Å². The van der Waals surface area contributed by atoms with Crippen LogP contribution in [-0.4, -0.2) is 11.2 Å². The lowest BCUT2D eigenvalue weighted by Crippen LogP contribution is -2.41. The molecular formula is C15H28O. The van der Waals surface area contributed by atoms with Crippen LogP contribution in [0.15, 0.2) is 0 Å².